The summed E-state index contributed by atoms with van der Waals surface area (Å²) in [6.07, 6.45) is 1.67. The largest absolute Gasteiger partial charge is 0.467 e. The molecule has 0 bridgehead atoms. The lowest BCUT2D eigenvalue weighted by atomic mass is 10.2. The van der Waals surface area contributed by atoms with Crippen LogP contribution in [0.2, 0.25) is 0 Å². The van der Waals surface area contributed by atoms with Crippen molar-refractivity contribution in [3.63, 3.8) is 0 Å². The van der Waals surface area contributed by atoms with Crippen LogP contribution in [0.1, 0.15) is 11.3 Å². The van der Waals surface area contributed by atoms with Gasteiger partial charge in [0, 0.05) is 13.6 Å². The Balaban J connectivity index is 1.81. The van der Waals surface area contributed by atoms with E-state index in [1.54, 1.807) is 6.26 Å². The summed E-state index contributed by atoms with van der Waals surface area (Å²) in [5.74, 6) is 0.904. The van der Waals surface area contributed by atoms with Crippen molar-refractivity contribution >= 4 is 17.3 Å². The minimum Gasteiger partial charge on any atom is -0.467 e. The van der Waals surface area contributed by atoms with E-state index < -0.39 is 0 Å². The molecule has 0 amide bonds. The molecule has 1 aromatic carbocycles. The highest BCUT2D eigenvalue weighted by Gasteiger charge is 2.06. The summed E-state index contributed by atoms with van der Waals surface area (Å²) in [7, 11) is 1.95. The molecule has 2 rings (SSSR count). The molecule has 0 fully saturated rings. The molecule has 0 unspecified atom stereocenters. The molecular weight excluding hydrogens is 244 g/mol. The van der Waals surface area contributed by atoms with E-state index in [2.05, 4.69) is 17.4 Å². The normalized spacial score (nSPS) is 10.1. The maximum atomic E-state index is 5.32. The van der Waals surface area contributed by atoms with Crippen LogP contribution in [0.3, 0.4) is 0 Å². The Morgan fingerprint density at radius 2 is 2.00 bits per heavy atom. The molecule has 0 radical (unpaired) electrons. The number of hydrogen-bond acceptors (Lipinski definition) is 2. The minimum atomic E-state index is 0.674. The Morgan fingerprint density at radius 3 is 2.67 bits per heavy atom. The maximum Gasteiger partial charge on any atom is 0.169 e. The highest BCUT2D eigenvalue weighted by molar-refractivity contribution is 7.80. The molecule has 0 saturated carbocycles. The van der Waals surface area contributed by atoms with E-state index in [1.165, 1.54) is 5.56 Å². The fourth-order valence-corrected chi connectivity index (χ4v) is 1.75. The Labute approximate surface area is 112 Å². The van der Waals surface area contributed by atoms with Crippen molar-refractivity contribution in [1.82, 2.24) is 10.2 Å². The van der Waals surface area contributed by atoms with Crippen molar-refractivity contribution in [1.29, 1.82) is 0 Å². The zero-order valence-electron chi connectivity index (χ0n) is 10.3. The third kappa shape index (κ3) is 3.60. The van der Waals surface area contributed by atoms with Gasteiger partial charge in [-0.15, -0.1) is 0 Å². The second-order valence-corrected chi connectivity index (χ2v) is 4.47. The van der Waals surface area contributed by atoms with Crippen molar-refractivity contribution in [3.8, 4) is 0 Å². The van der Waals surface area contributed by atoms with Gasteiger partial charge in [-0.3, -0.25) is 0 Å². The molecule has 18 heavy (non-hydrogen) atoms. The molecule has 0 aliphatic rings. The van der Waals surface area contributed by atoms with Gasteiger partial charge >= 0.3 is 0 Å². The molecule has 0 saturated heterocycles. The van der Waals surface area contributed by atoms with Gasteiger partial charge in [0.15, 0.2) is 5.11 Å². The monoisotopic (exact) mass is 260 g/mol. The van der Waals surface area contributed by atoms with Crippen LogP contribution >= 0.6 is 12.2 Å². The lowest BCUT2D eigenvalue weighted by Crippen LogP contribution is -2.36. The van der Waals surface area contributed by atoms with E-state index in [-0.39, 0.29) is 0 Å². The van der Waals surface area contributed by atoms with Crippen molar-refractivity contribution in [3.05, 3.63) is 60.1 Å². The van der Waals surface area contributed by atoms with Crippen LogP contribution in [0, 0.1) is 0 Å². The molecule has 3 nitrogen and oxygen atoms in total. The van der Waals surface area contributed by atoms with Gasteiger partial charge in [-0.05, 0) is 29.9 Å². The van der Waals surface area contributed by atoms with E-state index in [0.29, 0.717) is 6.54 Å². The topological polar surface area (TPSA) is 28.4 Å². The van der Waals surface area contributed by atoms with E-state index in [0.717, 1.165) is 17.4 Å². The first kappa shape index (κ1) is 12.6. The summed E-state index contributed by atoms with van der Waals surface area (Å²) in [5.41, 5.74) is 1.21. The summed E-state index contributed by atoms with van der Waals surface area (Å²) >= 11 is 5.32. The predicted octanol–water partition coefficient (Wildman–Crippen LogP) is 2.79. The molecule has 1 heterocycles. The Hall–Kier alpha value is -1.81. The average molecular weight is 260 g/mol. The van der Waals surface area contributed by atoms with Crippen LogP contribution in [-0.4, -0.2) is 17.1 Å². The first-order valence-electron chi connectivity index (χ1n) is 5.81. The number of nitrogens with zero attached hydrogens (tertiary/aromatic N) is 1. The molecule has 1 aromatic heterocycles. The zero-order valence-corrected chi connectivity index (χ0v) is 11.1. The fourth-order valence-electron chi connectivity index (χ4n) is 1.62. The molecule has 4 heteroatoms. The van der Waals surface area contributed by atoms with Crippen molar-refractivity contribution in [2.75, 3.05) is 7.05 Å². The van der Waals surface area contributed by atoms with Crippen LogP contribution in [0.15, 0.2) is 53.1 Å². The van der Waals surface area contributed by atoms with Gasteiger partial charge in [0.05, 0.1) is 12.8 Å². The summed E-state index contributed by atoms with van der Waals surface area (Å²) in [5, 5.41) is 3.94. The van der Waals surface area contributed by atoms with Crippen molar-refractivity contribution < 1.29 is 4.42 Å². The summed E-state index contributed by atoms with van der Waals surface area (Å²) in [6, 6.07) is 14.0. The number of nitrogens with one attached hydrogen (secondary N) is 1. The Bertz CT molecular complexity index is 482. The molecular formula is C14H16N2OS. The zero-order chi connectivity index (χ0) is 12.8. The molecule has 2 aromatic rings. The summed E-state index contributed by atoms with van der Waals surface area (Å²) < 4.78 is 5.29. The lowest BCUT2D eigenvalue weighted by molar-refractivity contribution is 0.406. The summed E-state index contributed by atoms with van der Waals surface area (Å²) in [4.78, 5) is 1.96. The number of benzene rings is 1. The molecule has 0 aliphatic heterocycles. The van der Waals surface area contributed by atoms with Crippen LogP contribution in [0.4, 0.5) is 0 Å². The number of rotatable bonds is 4. The van der Waals surface area contributed by atoms with Gasteiger partial charge < -0.3 is 14.6 Å². The molecule has 0 spiro atoms. The first-order valence-corrected chi connectivity index (χ1v) is 6.22. The van der Waals surface area contributed by atoms with Gasteiger partial charge in [-0.1, -0.05) is 30.3 Å². The predicted molar refractivity (Wildman–Crippen MR) is 76.1 cm³/mol. The molecule has 0 aliphatic carbocycles. The third-order valence-corrected chi connectivity index (χ3v) is 3.06. The standard InChI is InChI=1S/C14H16N2OS/c1-16(11-13-8-5-9-17-13)14(18)15-10-12-6-3-2-4-7-12/h2-9H,10-11H2,1H3,(H,15,18). The van der Waals surface area contributed by atoms with Crippen molar-refractivity contribution in [2.24, 2.45) is 0 Å². The number of thiocarbonyl (C=S) groups is 1. The minimum absolute atomic E-state index is 0.674. The quantitative estimate of drug-likeness (QED) is 0.856. The van der Waals surface area contributed by atoms with E-state index in [1.807, 2.05) is 42.3 Å². The third-order valence-electron chi connectivity index (χ3n) is 2.61. The summed E-state index contributed by atoms with van der Waals surface area (Å²) in [6.45, 7) is 1.41. The Morgan fingerprint density at radius 1 is 1.22 bits per heavy atom. The SMILES string of the molecule is CN(Cc1ccco1)C(=S)NCc1ccccc1. The van der Waals surface area contributed by atoms with Crippen LogP contribution < -0.4 is 5.32 Å². The van der Waals surface area contributed by atoms with E-state index in [4.69, 9.17) is 16.6 Å². The van der Waals surface area contributed by atoms with Gasteiger partial charge in [0.25, 0.3) is 0 Å². The van der Waals surface area contributed by atoms with Gasteiger partial charge in [0.1, 0.15) is 5.76 Å². The van der Waals surface area contributed by atoms with Gasteiger partial charge in [-0.25, -0.2) is 0 Å². The van der Waals surface area contributed by atoms with E-state index >= 15 is 0 Å². The van der Waals surface area contributed by atoms with E-state index in [9.17, 15) is 0 Å². The highest BCUT2D eigenvalue weighted by Crippen LogP contribution is 2.04. The Kier molecular flexibility index (Phi) is 4.36. The molecule has 0 atom stereocenters. The highest BCUT2D eigenvalue weighted by atomic mass is 32.1. The van der Waals surface area contributed by atoms with Crippen molar-refractivity contribution in [2.45, 2.75) is 13.1 Å². The second-order valence-electron chi connectivity index (χ2n) is 4.08. The molecule has 94 valence electrons. The van der Waals surface area contributed by atoms with Crippen LogP contribution in [0.25, 0.3) is 0 Å². The smallest absolute Gasteiger partial charge is 0.169 e. The average Bonchev–Trinajstić information content (AvgIpc) is 2.90. The maximum absolute atomic E-state index is 5.32. The first-order chi connectivity index (χ1) is 8.75. The van der Waals surface area contributed by atoms with Gasteiger partial charge in [-0.2, -0.15) is 0 Å². The molecule has 1 N–H and O–H groups in total. The van der Waals surface area contributed by atoms with Gasteiger partial charge in [0.2, 0.25) is 0 Å². The number of hydrogen-bond donors (Lipinski definition) is 1. The van der Waals surface area contributed by atoms with Crippen LogP contribution in [0.5, 0.6) is 0 Å². The number of furan rings is 1. The lowest BCUT2D eigenvalue weighted by Gasteiger charge is -2.19. The van der Waals surface area contributed by atoms with Crippen LogP contribution in [-0.2, 0) is 13.1 Å². The second kappa shape index (κ2) is 6.21. The fraction of sp³-hybridized carbons (Fsp3) is 0.214.